The zero-order valence-electron chi connectivity index (χ0n) is 15.3. The zero-order chi connectivity index (χ0) is 21.1. The Balaban J connectivity index is 2.26. The molecule has 9 heteroatoms. The first-order valence-corrected chi connectivity index (χ1v) is 8.91. The molecule has 0 amide bonds. The number of hydrogen-bond donors (Lipinski definition) is 2. The molecule has 0 saturated carbocycles. The monoisotopic (exact) mass is 431 g/mol. The van der Waals surface area contributed by atoms with Gasteiger partial charge >= 0.3 is 6.18 Å². The van der Waals surface area contributed by atoms with Crippen molar-refractivity contribution in [2.45, 2.75) is 26.9 Å². The number of alkyl halides is 3. The number of hydrazine groups is 1. The Labute approximate surface area is 170 Å². The third-order valence-electron chi connectivity index (χ3n) is 3.58. The van der Waals surface area contributed by atoms with E-state index in [-0.39, 0.29) is 16.6 Å². The van der Waals surface area contributed by atoms with Crippen LogP contribution in [0.4, 0.5) is 24.5 Å². The van der Waals surface area contributed by atoms with Crippen LogP contribution in [0.25, 0.3) is 0 Å². The molecule has 4 nitrogen and oxygen atoms in total. The highest BCUT2D eigenvalue weighted by Crippen LogP contribution is 2.30. The van der Waals surface area contributed by atoms with E-state index in [1.165, 1.54) is 18.2 Å². The lowest BCUT2D eigenvalue weighted by atomic mass is 9.90. The Bertz CT molecular complexity index is 889. The number of benzene rings is 2. The predicted octanol–water partition coefficient (Wildman–Crippen LogP) is 6.27. The van der Waals surface area contributed by atoms with Gasteiger partial charge in [0.2, 0.25) is 5.78 Å². The van der Waals surface area contributed by atoms with Crippen molar-refractivity contribution in [2.24, 2.45) is 10.4 Å². The lowest BCUT2D eigenvalue weighted by Gasteiger charge is -2.20. The first-order valence-electron chi connectivity index (χ1n) is 8.16. The molecule has 0 aliphatic heterocycles. The highest BCUT2D eigenvalue weighted by atomic mass is 35.5. The molecule has 0 heterocycles. The minimum absolute atomic E-state index is 0.0224. The van der Waals surface area contributed by atoms with Crippen molar-refractivity contribution in [3.8, 4) is 0 Å². The number of carbonyl (C=O) groups excluding carboxylic acids is 1. The minimum atomic E-state index is -4.42. The molecule has 28 heavy (non-hydrogen) atoms. The van der Waals surface area contributed by atoms with Crippen molar-refractivity contribution in [2.75, 3.05) is 5.43 Å². The molecule has 0 aromatic heterocycles. The molecule has 2 N–H and O–H groups in total. The van der Waals surface area contributed by atoms with E-state index in [1.54, 1.807) is 32.9 Å². The molecular weight excluding hydrogens is 414 g/mol. The zero-order valence-corrected chi connectivity index (χ0v) is 16.8. The summed E-state index contributed by atoms with van der Waals surface area (Å²) in [4.78, 5) is 17.0. The largest absolute Gasteiger partial charge is 0.416 e. The first-order chi connectivity index (χ1) is 12.9. The number of ketones is 1. The molecule has 0 unspecified atom stereocenters. The van der Waals surface area contributed by atoms with Crippen LogP contribution in [0.1, 0.15) is 26.3 Å². The van der Waals surface area contributed by atoms with E-state index >= 15 is 0 Å². The Hall–Kier alpha value is -2.25. The number of hydrogen-bond acceptors (Lipinski definition) is 3. The number of carbonyl (C=O) groups is 1. The molecule has 2 aromatic carbocycles. The molecule has 0 radical (unpaired) electrons. The van der Waals surface area contributed by atoms with Crippen LogP contribution in [0.3, 0.4) is 0 Å². The average Bonchev–Trinajstić information content (AvgIpc) is 2.60. The molecule has 0 aliphatic carbocycles. The number of anilines is 1. The molecule has 150 valence electrons. The van der Waals surface area contributed by atoms with Crippen LogP contribution < -0.4 is 10.9 Å². The van der Waals surface area contributed by atoms with Crippen LogP contribution in [0.15, 0.2) is 47.5 Å². The maximum Gasteiger partial charge on any atom is 0.416 e. The summed E-state index contributed by atoms with van der Waals surface area (Å²) in [6, 6.07) is 8.99. The lowest BCUT2D eigenvalue weighted by molar-refractivity contribution is -0.137. The molecule has 0 fully saturated rings. The number of Topliss-reactive ketones (excluding diaryl/α,β-unsaturated/α-hetero) is 1. The van der Waals surface area contributed by atoms with Gasteiger partial charge in [0.05, 0.1) is 27.0 Å². The summed E-state index contributed by atoms with van der Waals surface area (Å²) >= 11 is 11.9. The van der Waals surface area contributed by atoms with Crippen LogP contribution in [0.2, 0.25) is 10.0 Å². The van der Waals surface area contributed by atoms with Gasteiger partial charge in [-0.1, -0.05) is 44.0 Å². The Morgan fingerprint density at radius 1 is 0.964 bits per heavy atom. The Morgan fingerprint density at radius 2 is 1.57 bits per heavy atom. The van der Waals surface area contributed by atoms with Crippen molar-refractivity contribution < 1.29 is 18.0 Å². The van der Waals surface area contributed by atoms with Crippen LogP contribution in [-0.2, 0) is 11.0 Å². The summed E-state index contributed by atoms with van der Waals surface area (Å²) < 4.78 is 38.0. The number of amidine groups is 1. The van der Waals surface area contributed by atoms with Gasteiger partial charge in [0, 0.05) is 5.41 Å². The van der Waals surface area contributed by atoms with Crippen molar-refractivity contribution in [1.82, 2.24) is 5.43 Å². The first kappa shape index (κ1) is 22.0. The average molecular weight is 432 g/mol. The topological polar surface area (TPSA) is 53.5 Å². The number of nitrogens with zero attached hydrogens (tertiary/aromatic N) is 1. The van der Waals surface area contributed by atoms with Gasteiger partial charge < -0.3 is 0 Å². The quantitative estimate of drug-likeness (QED) is 0.340. The van der Waals surface area contributed by atoms with Gasteiger partial charge in [-0.15, -0.1) is 0 Å². The van der Waals surface area contributed by atoms with Gasteiger partial charge in [-0.05, 0) is 42.5 Å². The van der Waals surface area contributed by atoms with E-state index in [4.69, 9.17) is 23.2 Å². The summed E-state index contributed by atoms with van der Waals surface area (Å²) in [5, 5.41) is 0.626. The smallest absolute Gasteiger partial charge is 0.300 e. The van der Waals surface area contributed by atoms with Crippen LogP contribution >= 0.6 is 23.2 Å². The van der Waals surface area contributed by atoms with E-state index in [0.29, 0.717) is 16.4 Å². The fourth-order valence-corrected chi connectivity index (χ4v) is 2.34. The SMILES string of the molecule is CC(C)(C)C(=O)C(=Nc1ccc(Cl)c(Cl)c1)NNc1ccc(C(F)(F)F)cc1. The fourth-order valence-electron chi connectivity index (χ4n) is 2.05. The van der Waals surface area contributed by atoms with Crippen LogP contribution in [0.5, 0.6) is 0 Å². The van der Waals surface area contributed by atoms with Gasteiger partial charge in [-0.3, -0.25) is 15.6 Å². The summed E-state index contributed by atoms with van der Waals surface area (Å²) in [6.45, 7) is 5.17. The highest BCUT2D eigenvalue weighted by Gasteiger charge is 2.30. The van der Waals surface area contributed by atoms with E-state index in [2.05, 4.69) is 15.8 Å². The second-order valence-electron chi connectivity index (χ2n) is 6.96. The molecule has 0 aliphatic rings. The van der Waals surface area contributed by atoms with E-state index < -0.39 is 17.2 Å². The van der Waals surface area contributed by atoms with E-state index in [9.17, 15) is 18.0 Å². The standard InChI is InChI=1S/C19H18Cl2F3N3O/c1-18(2,3)16(28)17(25-13-8-9-14(20)15(21)10-13)27-26-12-6-4-11(5-7-12)19(22,23)24/h4-10,26H,1-3H3,(H,25,27). The molecule has 0 atom stereocenters. The Morgan fingerprint density at radius 3 is 2.07 bits per heavy atom. The van der Waals surface area contributed by atoms with Gasteiger partial charge in [0.15, 0.2) is 5.84 Å². The molecule has 0 spiro atoms. The fraction of sp³-hybridized carbons (Fsp3) is 0.263. The van der Waals surface area contributed by atoms with Crippen LogP contribution in [-0.4, -0.2) is 11.6 Å². The summed E-state index contributed by atoms with van der Waals surface area (Å²) in [5.41, 5.74) is 4.58. The molecular formula is C19H18Cl2F3N3O. The van der Waals surface area contributed by atoms with Crippen LogP contribution in [0, 0.1) is 5.41 Å². The third kappa shape index (κ3) is 5.87. The maximum absolute atomic E-state index is 12.7. The number of nitrogens with one attached hydrogen (secondary N) is 2. The van der Waals surface area contributed by atoms with Gasteiger partial charge in [0.25, 0.3) is 0 Å². The summed E-state index contributed by atoms with van der Waals surface area (Å²) in [5.74, 6) is -0.330. The summed E-state index contributed by atoms with van der Waals surface area (Å²) in [7, 11) is 0. The number of rotatable bonds is 4. The van der Waals surface area contributed by atoms with Crippen molar-refractivity contribution in [3.05, 3.63) is 58.1 Å². The molecule has 2 rings (SSSR count). The summed E-state index contributed by atoms with van der Waals surface area (Å²) in [6.07, 6.45) is -4.42. The minimum Gasteiger partial charge on any atom is -0.300 e. The van der Waals surface area contributed by atoms with Crippen molar-refractivity contribution >= 4 is 46.2 Å². The predicted molar refractivity (Wildman–Crippen MR) is 106 cm³/mol. The van der Waals surface area contributed by atoms with Crippen molar-refractivity contribution in [3.63, 3.8) is 0 Å². The normalized spacial score (nSPS) is 12.6. The van der Waals surface area contributed by atoms with E-state index in [1.807, 2.05) is 0 Å². The van der Waals surface area contributed by atoms with E-state index in [0.717, 1.165) is 12.1 Å². The lowest BCUT2D eigenvalue weighted by Crippen LogP contribution is -2.41. The Kier molecular flexibility index (Phi) is 6.62. The maximum atomic E-state index is 12.7. The van der Waals surface area contributed by atoms with Gasteiger partial charge in [-0.2, -0.15) is 13.2 Å². The second kappa shape index (κ2) is 8.41. The number of halogens is 5. The molecule has 0 saturated heterocycles. The van der Waals surface area contributed by atoms with Crippen molar-refractivity contribution in [1.29, 1.82) is 0 Å². The highest BCUT2D eigenvalue weighted by molar-refractivity contribution is 6.42. The molecule has 0 bridgehead atoms. The second-order valence-corrected chi connectivity index (χ2v) is 7.78. The van der Waals surface area contributed by atoms with Gasteiger partial charge in [0.1, 0.15) is 0 Å². The van der Waals surface area contributed by atoms with Gasteiger partial charge in [-0.25, -0.2) is 4.99 Å². The molecule has 2 aromatic rings. The third-order valence-corrected chi connectivity index (χ3v) is 4.32. The number of aliphatic imine (C=N–C) groups is 1.